The van der Waals surface area contributed by atoms with Crippen LogP contribution in [-0.2, 0) is 18.1 Å². The Morgan fingerprint density at radius 3 is 1.74 bits per heavy atom. The van der Waals surface area contributed by atoms with E-state index >= 15 is 0 Å². The molecule has 0 aliphatic heterocycles. The molecule has 6 heteroatoms. The van der Waals surface area contributed by atoms with Gasteiger partial charge >= 0.3 is 7.82 Å². The van der Waals surface area contributed by atoms with Gasteiger partial charge in [0.05, 0.1) is 13.2 Å². The fourth-order valence-corrected chi connectivity index (χ4v) is 3.19. The van der Waals surface area contributed by atoms with E-state index in [1.165, 1.54) is 58.5 Å². The maximum Gasteiger partial charge on any atom is 0.474 e. The van der Waals surface area contributed by atoms with E-state index in [0.717, 1.165) is 12.8 Å². The first-order valence-electron chi connectivity index (χ1n) is 9.13. The molecule has 1 unspecified atom stereocenters. The Balaban J connectivity index is 3.48. The highest BCUT2D eigenvalue weighted by molar-refractivity contribution is 7.48. The SMILES string of the molecule is CCCCCCCCCCCCOP(=O)(OC)OCCN(C)C. The van der Waals surface area contributed by atoms with Gasteiger partial charge in [0.25, 0.3) is 0 Å². The lowest BCUT2D eigenvalue weighted by atomic mass is 10.1. The van der Waals surface area contributed by atoms with E-state index in [1.807, 2.05) is 19.0 Å². The zero-order chi connectivity index (χ0) is 17.4. The van der Waals surface area contributed by atoms with E-state index in [0.29, 0.717) is 19.8 Å². The summed E-state index contributed by atoms with van der Waals surface area (Å²) >= 11 is 0. The van der Waals surface area contributed by atoms with Crippen LogP contribution >= 0.6 is 7.82 Å². The predicted octanol–water partition coefficient (Wildman–Crippen LogP) is 5.26. The Hall–Kier alpha value is 0.0700. The van der Waals surface area contributed by atoms with Gasteiger partial charge in [-0.3, -0.25) is 13.6 Å². The summed E-state index contributed by atoms with van der Waals surface area (Å²) in [4.78, 5) is 1.96. The van der Waals surface area contributed by atoms with Crippen molar-refractivity contribution in [1.29, 1.82) is 0 Å². The second-order valence-electron chi connectivity index (χ2n) is 6.28. The third-order valence-corrected chi connectivity index (χ3v) is 5.20. The molecule has 0 N–H and O–H groups in total. The average Bonchev–Trinajstić information content (AvgIpc) is 2.52. The van der Waals surface area contributed by atoms with Crippen molar-refractivity contribution in [2.24, 2.45) is 0 Å². The molecule has 23 heavy (non-hydrogen) atoms. The third-order valence-electron chi connectivity index (χ3n) is 3.76. The minimum Gasteiger partial charge on any atom is -0.307 e. The highest BCUT2D eigenvalue weighted by Gasteiger charge is 2.24. The molecule has 0 aromatic rings. The molecule has 0 bridgehead atoms. The molecule has 0 aromatic carbocycles. The van der Waals surface area contributed by atoms with Crippen LogP contribution in [0.5, 0.6) is 0 Å². The maximum atomic E-state index is 12.1. The first kappa shape index (κ1) is 23.1. The van der Waals surface area contributed by atoms with Crippen LogP contribution in [0.3, 0.4) is 0 Å². The highest BCUT2D eigenvalue weighted by atomic mass is 31.2. The number of unbranched alkanes of at least 4 members (excludes halogenated alkanes) is 9. The van der Waals surface area contributed by atoms with Gasteiger partial charge in [-0.15, -0.1) is 0 Å². The molecule has 0 aromatic heterocycles. The van der Waals surface area contributed by atoms with Gasteiger partial charge in [-0.2, -0.15) is 0 Å². The van der Waals surface area contributed by atoms with E-state index in [-0.39, 0.29) is 0 Å². The van der Waals surface area contributed by atoms with E-state index in [4.69, 9.17) is 13.6 Å². The van der Waals surface area contributed by atoms with Crippen molar-refractivity contribution >= 4 is 7.82 Å². The fourth-order valence-electron chi connectivity index (χ4n) is 2.24. The Bertz CT molecular complexity index is 300. The molecule has 0 fully saturated rings. The van der Waals surface area contributed by atoms with E-state index in [1.54, 1.807) is 0 Å². The fraction of sp³-hybridized carbons (Fsp3) is 1.00. The summed E-state index contributed by atoms with van der Waals surface area (Å²) in [5.41, 5.74) is 0. The van der Waals surface area contributed by atoms with Gasteiger partial charge in [-0.25, -0.2) is 4.57 Å². The molecule has 0 heterocycles. The quantitative estimate of drug-likeness (QED) is 0.264. The van der Waals surface area contributed by atoms with Gasteiger partial charge < -0.3 is 4.90 Å². The van der Waals surface area contributed by atoms with Crippen molar-refractivity contribution in [3.05, 3.63) is 0 Å². The summed E-state index contributed by atoms with van der Waals surface area (Å²) in [7, 11) is 1.88. The molecule has 0 aliphatic rings. The van der Waals surface area contributed by atoms with Gasteiger partial charge in [0.2, 0.25) is 0 Å². The number of likely N-dealkylation sites (N-methyl/N-ethyl adjacent to an activating group) is 1. The number of phosphoric acid groups is 1. The van der Waals surface area contributed by atoms with Crippen molar-refractivity contribution in [2.45, 2.75) is 71.1 Å². The topological polar surface area (TPSA) is 48.0 Å². The first-order valence-corrected chi connectivity index (χ1v) is 10.6. The van der Waals surface area contributed by atoms with Crippen LogP contribution in [0.2, 0.25) is 0 Å². The summed E-state index contributed by atoms with van der Waals surface area (Å²) in [5.74, 6) is 0. The highest BCUT2D eigenvalue weighted by Crippen LogP contribution is 2.48. The molecule has 0 radical (unpaired) electrons. The zero-order valence-electron chi connectivity index (χ0n) is 15.7. The smallest absolute Gasteiger partial charge is 0.307 e. The largest absolute Gasteiger partial charge is 0.474 e. The number of hydrogen-bond donors (Lipinski definition) is 0. The lowest BCUT2D eigenvalue weighted by molar-refractivity contribution is 0.122. The molecule has 1 atom stereocenters. The molecule has 0 rings (SSSR count). The van der Waals surface area contributed by atoms with Crippen molar-refractivity contribution < 1.29 is 18.1 Å². The van der Waals surface area contributed by atoms with Crippen molar-refractivity contribution in [3.63, 3.8) is 0 Å². The second kappa shape index (κ2) is 15.6. The summed E-state index contributed by atoms with van der Waals surface area (Å²) in [5, 5.41) is 0. The molecule has 0 saturated heterocycles. The summed E-state index contributed by atoms with van der Waals surface area (Å²) in [6.45, 7) is 3.71. The molecule has 0 aliphatic carbocycles. The molecule has 0 amide bonds. The minimum absolute atomic E-state index is 0.343. The van der Waals surface area contributed by atoms with Crippen LogP contribution in [0.25, 0.3) is 0 Å². The normalized spacial score (nSPS) is 14.3. The summed E-state index contributed by atoms with van der Waals surface area (Å²) in [6.07, 6.45) is 12.6. The number of rotatable bonds is 17. The minimum atomic E-state index is -3.36. The Kier molecular flexibility index (Phi) is 15.6. The van der Waals surface area contributed by atoms with Crippen LogP contribution < -0.4 is 0 Å². The molecule has 5 nitrogen and oxygen atoms in total. The second-order valence-corrected chi connectivity index (χ2v) is 8.06. The Morgan fingerprint density at radius 2 is 1.26 bits per heavy atom. The monoisotopic (exact) mass is 351 g/mol. The molecule has 0 saturated carbocycles. The third kappa shape index (κ3) is 15.3. The zero-order valence-corrected chi connectivity index (χ0v) is 16.6. The standard InChI is InChI=1S/C17H38NO4P/c1-5-6-7-8-9-10-11-12-13-14-16-21-23(19,20-4)22-17-15-18(2)3/h5-17H2,1-4H3. The van der Waals surface area contributed by atoms with Gasteiger partial charge in [0.15, 0.2) is 0 Å². The summed E-state index contributed by atoms with van der Waals surface area (Å²) < 4.78 is 27.6. The lowest BCUT2D eigenvalue weighted by Crippen LogP contribution is -2.18. The van der Waals surface area contributed by atoms with Gasteiger partial charge in [-0.05, 0) is 20.5 Å². The Labute approximate surface area is 143 Å². The van der Waals surface area contributed by atoms with Crippen LogP contribution in [-0.4, -0.2) is 45.9 Å². The molecular formula is C17H38NO4P. The summed E-state index contributed by atoms with van der Waals surface area (Å²) in [6, 6.07) is 0. The van der Waals surface area contributed by atoms with E-state index in [9.17, 15) is 4.57 Å². The van der Waals surface area contributed by atoms with Gasteiger partial charge in [0.1, 0.15) is 0 Å². The van der Waals surface area contributed by atoms with Crippen LogP contribution in [0.1, 0.15) is 71.1 Å². The van der Waals surface area contributed by atoms with Crippen LogP contribution in [0, 0.1) is 0 Å². The number of phosphoric ester groups is 1. The average molecular weight is 351 g/mol. The predicted molar refractivity (Wildman–Crippen MR) is 96.9 cm³/mol. The van der Waals surface area contributed by atoms with Crippen LogP contribution in [0.4, 0.5) is 0 Å². The van der Waals surface area contributed by atoms with Crippen molar-refractivity contribution in [2.75, 3.05) is 41.0 Å². The van der Waals surface area contributed by atoms with E-state index < -0.39 is 7.82 Å². The number of hydrogen-bond acceptors (Lipinski definition) is 5. The Morgan fingerprint density at radius 1 is 0.783 bits per heavy atom. The number of nitrogens with zero attached hydrogens (tertiary/aromatic N) is 1. The molecule has 140 valence electrons. The van der Waals surface area contributed by atoms with Crippen LogP contribution in [0.15, 0.2) is 0 Å². The first-order chi connectivity index (χ1) is 11.0. The van der Waals surface area contributed by atoms with Crippen molar-refractivity contribution in [1.82, 2.24) is 4.90 Å². The molecule has 0 spiro atoms. The lowest BCUT2D eigenvalue weighted by Gasteiger charge is -2.17. The van der Waals surface area contributed by atoms with Gasteiger partial charge in [-0.1, -0.05) is 64.7 Å². The van der Waals surface area contributed by atoms with Gasteiger partial charge in [0, 0.05) is 13.7 Å². The van der Waals surface area contributed by atoms with E-state index in [2.05, 4.69) is 6.92 Å². The molecular weight excluding hydrogens is 313 g/mol. The van der Waals surface area contributed by atoms with Crippen molar-refractivity contribution in [3.8, 4) is 0 Å². The maximum absolute atomic E-state index is 12.1.